The number of pyridine rings is 1. The Balaban J connectivity index is 1.95. The second-order valence-electron chi connectivity index (χ2n) is 4.39. The smallest absolute Gasteiger partial charge is 0.174 e. The van der Waals surface area contributed by atoms with Crippen molar-refractivity contribution in [3.63, 3.8) is 0 Å². The first kappa shape index (κ1) is 11.7. The summed E-state index contributed by atoms with van der Waals surface area (Å²) in [7, 11) is 0. The van der Waals surface area contributed by atoms with Gasteiger partial charge in [0.2, 0.25) is 0 Å². The zero-order valence-electron chi connectivity index (χ0n) is 10.3. The van der Waals surface area contributed by atoms with E-state index in [-0.39, 0.29) is 6.04 Å². The summed E-state index contributed by atoms with van der Waals surface area (Å²) >= 11 is 0. The Bertz CT molecular complexity index is 532. The van der Waals surface area contributed by atoms with Crippen molar-refractivity contribution < 1.29 is 4.84 Å². The van der Waals surface area contributed by atoms with Crippen LogP contribution in [0.2, 0.25) is 0 Å². The van der Waals surface area contributed by atoms with Crippen LogP contribution in [0.15, 0.2) is 54.7 Å². The van der Waals surface area contributed by atoms with Gasteiger partial charge in [-0.2, -0.15) is 5.26 Å². The molecule has 2 aromatic rings. The van der Waals surface area contributed by atoms with Crippen LogP contribution in [-0.2, 0) is 4.84 Å². The third-order valence-electron chi connectivity index (χ3n) is 3.15. The summed E-state index contributed by atoms with van der Waals surface area (Å²) in [5.41, 5.74) is 1.86. The first-order valence-corrected chi connectivity index (χ1v) is 6.20. The minimum absolute atomic E-state index is 0.0201. The number of hydroxylamine groups is 1. The topological polar surface area (TPSA) is 49.2 Å². The van der Waals surface area contributed by atoms with Gasteiger partial charge >= 0.3 is 0 Å². The maximum absolute atomic E-state index is 9.07. The molecule has 4 heteroatoms. The van der Waals surface area contributed by atoms with Gasteiger partial charge in [0, 0.05) is 12.6 Å². The Labute approximate surface area is 111 Å². The molecule has 94 valence electrons. The summed E-state index contributed by atoms with van der Waals surface area (Å²) in [5, 5.41) is 10.9. The molecule has 0 radical (unpaired) electrons. The van der Waals surface area contributed by atoms with Crippen LogP contribution in [0, 0.1) is 11.3 Å². The lowest BCUT2D eigenvalue weighted by Crippen LogP contribution is -2.22. The molecule has 19 heavy (non-hydrogen) atoms. The van der Waals surface area contributed by atoms with Crippen LogP contribution in [0.3, 0.4) is 0 Å². The predicted octanol–water partition coefficient (Wildman–Crippen LogP) is 2.86. The number of nitriles is 1. The Hall–Kier alpha value is -2.38. The summed E-state index contributed by atoms with van der Waals surface area (Å²) in [6.07, 6.45) is 1.97. The monoisotopic (exact) mass is 251 g/mol. The largest absolute Gasteiger partial charge is 0.259 e. The molecule has 2 atom stereocenters. The van der Waals surface area contributed by atoms with Crippen molar-refractivity contribution >= 4 is 5.69 Å². The highest BCUT2D eigenvalue weighted by Crippen LogP contribution is 2.36. The molecule has 0 bridgehead atoms. The van der Waals surface area contributed by atoms with E-state index in [0.29, 0.717) is 6.42 Å². The van der Waals surface area contributed by atoms with Gasteiger partial charge < -0.3 is 0 Å². The zero-order chi connectivity index (χ0) is 13.1. The van der Waals surface area contributed by atoms with Crippen LogP contribution < -0.4 is 5.06 Å². The fraction of sp³-hybridized carbons (Fsp3) is 0.200. The van der Waals surface area contributed by atoms with Crippen molar-refractivity contribution in [2.75, 3.05) is 5.06 Å². The average Bonchev–Trinajstić information content (AvgIpc) is 2.93. The second kappa shape index (κ2) is 5.09. The van der Waals surface area contributed by atoms with E-state index in [0.717, 1.165) is 11.4 Å². The van der Waals surface area contributed by atoms with Gasteiger partial charge in [0.05, 0.1) is 17.5 Å². The maximum atomic E-state index is 9.07. The molecule has 1 aliphatic heterocycles. The SMILES string of the molecule is N#CC1CC(c2ccccn2)N(c2ccccc2)O1. The molecule has 1 aliphatic rings. The van der Waals surface area contributed by atoms with Crippen molar-refractivity contribution in [2.24, 2.45) is 0 Å². The molecule has 2 heterocycles. The van der Waals surface area contributed by atoms with Crippen LogP contribution in [-0.4, -0.2) is 11.1 Å². The highest BCUT2D eigenvalue weighted by Gasteiger charge is 2.35. The third kappa shape index (κ3) is 2.28. The molecular weight excluding hydrogens is 238 g/mol. The van der Waals surface area contributed by atoms with Crippen molar-refractivity contribution in [1.29, 1.82) is 5.26 Å². The van der Waals surface area contributed by atoms with Gasteiger partial charge in [-0.3, -0.25) is 9.82 Å². The highest BCUT2D eigenvalue weighted by molar-refractivity contribution is 5.46. The van der Waals surface area contributed by atoms with Gasteiger partial charge in [0.1, 0.15) is 6.04 Å². The molecule has 1 fully saturated rings. The van der Waals surface area contributed by atoms with E-state index in [9.17, 15) is 0 Å². The molecule has 3 rings (SSSR count). The van der Waals surface area contributed by atoms with Crippen LogP contribution >= 0.6 is 0 Å². The van der Waals surface area contributed by atoms with E-state index in [2.05, 4.69) is 11.1 Å². The molecule has 1 aromatic heterocycles. The van der Waals surface area contributed by atoms with Crippen LogP contribution in [0.5, 0.6) is 0 Å². The first-order valence-electron chi connectivity index (χ1n) is 6.20. The van der Waals surface area contributed by atoms with E-state index in [1.807, 2.05) is 48.5 Å². The standard InChI is InChI=1S/C15H13N3O/c16-11-13-10-15(14-8-4-5-9-17-14)18(19-13)12-6-2-1-3-7-12/h1-9,13,15H,10H2. The average molecular weight is 251 g/mol. The summed E-state index contributed by atoms with van der Waals surface area (Å²) in [6.45, 7) is 0. The van der Waals surface area contributed by atoms with Crippen molar-refractivity contribution in [1.82, 2.24) is 4.98 Å². The van der Waals surface area contributed by atoms with Crippen LogP contribution in [0.25, 0.3) is 0 Å². The van der Waals surface area contributed by atoms with E-state index in [1.54, 1.807) is 11.3 Å². The molecule has 1 saturated heterocycles. The molecule has 4 nitrogen and oxygen atoms in total. The van der Waals surface area contributed by atoms with E-state index in [4.69, 9.17) is 10.1 Å². The molecular formula is C15H13N3O. The van der Waals surface area contributed by atoms with Gasteiger partial charge in [0.25, 0.3) is 0 Å². The Kier molecular flexibility index (Phi) is 3.13. The van der Waals surface area contributed by atoms with Gasteiger partial charge in [-0.15, -0.1) is 0 Å². The van der Waals surface area contributed by atoms with Gasteiger partial charge in [-0.1, -0.05) is 24.3 Å². The summed E-state index contributed by atoms with van der Waals surface area (Å²) in [6, 6.07) is 17.7. The normalized spacial score (nSPS) is 22.2. The van der Waals surface area contributed by atoms with E-state index < -0.39 is 6.10 Å². The lowest BCUT2D eigenvalue weighted by atomic mass is 10.1. The summed E-state index contributed by atoms with van der Waals surface area (Å²) in [5.74, 6) is 0. The molecule has 1 aromatic carbocycles. The molecule has 0 spiro atoms. The molecule has 0 amide bonds. The molecule has 0 aliphatic carbocycles. The Morgan fingerprint density at radius 2 is 1.95 bits per heavy atom. The number of rotatable bonds is 2. The van der Waals surface area contributed by atoms with Crippen molar-refractivity contribution in [2.45, 2.75) is 18.6 Å². The second-order valence-corrected chi connectivity index (χ2v) is 4.39. The fourth-order valence-corrected chi connectivity index (χ4v) is 2.26. The van der Waals surface area contributed by atoms with E-state index in [1.165, 1.54) is 0 Å². The lowest BCUT2D eigenvalue weighted by Gasteiger charge is -2.23. The van der Waals surface area contributed by atoms with Crippen molar-refractivity contribution in [3.8, 4) is 6.07 Å². The zero-order valence-corrected chi connectivity index (χ0v) is 10.3. The molecule has 2 unspecified atom stereocenters. The Morgan fingerprint density at radius 3 is 2.63 bits per heavy atom. The minimum Gasteiger partial charge on any atom is -0.259 e. The number of nitrogens with zero attached hydrogens (tertiary/aromatic N) is 3. The predicted molar refractivity (Wildman–Crippen MR) is 71.0 cm³/mol. The van der Waals surface area contributed by atoms with Gasteiger partial charge in [0.15, 0.2) is 6.10 Å². The van der Waals surface area contributed by atoms with E-state index >= 15 is 0 Å². The lowest BCUT2D eigenvalue weighted by molar-refractivity contribution is 0.118. The number of aromatic nitrogens is 1. The molecule has 0 N–H and O–H groups in total. The maximum Gasteiger partial charge on any atom is 0.174 e. The van der Waals surface area contributed by atoms with Gasteiger partial charge in [-0.05, 0) is 24.3 Å². The minimum atomic E-state index is -0.424. The summed E-state index contributed by atoms with van der Waals surface area (Å²) < 4.78 is 0. The van der Waals surface area contributed by atoms with Crippen molar-refractivity contribution in [3.05, 3.63) is 60.4 Å². The summed E-state index contributed by atoms with van der Waals surface area (Å²) in [4.78, 5) is 10.1. The first-order chi connectivity index (χ1) is 9.38. The number of hydrogen-bond acceptors (Lipinski definition) is 4. The quantitative estimate of drug-likeness (QED) is 0.823. The van der Waals surface area contributed by atoms with Crippen LogP contribution in [0.4, 0.5) is 5.69 Å². The highest BCUT2D eigenvalue weighted by atomic mass is 16.7. The number of benzene rings is 1. The fourth-order valence-electron chi connectivity index (χ4n) is 2.26. The number of hydrogen-bond donors (Lipinski definition) is 0. The number of para-hydroxylation sites is 1. The number of anilines is 1. The molecule has 0 saturated carbocycles. The Morgan fingerprint density at radius 1 is 1.16 bits per heavy atom. The third-order valence-corrected chi connectivity index (χ3v) is 3.15. The van der Waals surface area contributed by atoms with Gasteiger partial charge in [-0.25, -0.2) is 5.06 Å². The van der Waals surface area contributed by atoms with Crippen LogP contribution in [0.1, 0.15) is 18.2 Å².